The summed E-state index contributed by atoms with van der Waals surface area (Å²) in [7, 11) is 0. The fourth-order valence-corrected chi connectivity index (χ4v) is 3.01. The second-order valence-corrected chi connectivity index (χ2v) is 6.76. The van der Waals surface area contributed by atoms with Crippen molar-refractivity contribution < 1.29 is 5.11 Å². The molecule has 28 heavy (non-hydrogen) atoms. The normalized spacial score (nSPS) is 10.9. The van der Waals surface area contributed by atoms with E-state index in [1.165, 1.54) is 27.5 Å². The van der Waals surface area contributed by atoms with Gasteiger partial charge in [-0.2, -0.15) is 0 Å². The van der Waals surface area contributed by atoms with E-state index >= 15 is 0 Å². The molecule has 0 bridgehead atoms. The second kappa shape index (κ2) is 12.0. The van der Waals surface area contributed by atoms with Gasteiger partial charge >= 0.3 is 0 Å². The van der Waals surface area contributed by atoms with E-state index in [4.69, 9.17) is 5.11 Å². The summed E-state index contributed by atoms with van der Waals surface area (Å²) in [6.07, 6.45) is 5.56. The van der Waals surface area contributed by atoms with Crippen molar-refractivity contribution in [2.45, 2.75) is 60.8 Å². The van der Waals surface area contributed by atoms with E-state index in [-0.39, 0.29) is 0 Å². The third-order valence-corrected chi connectivity index (χ3v) is 4.43. The van der Waals surface area contributed by atoms with Crippen LogP contribution in [0.2, 0.25) is 0 Å². The summed E-state index contributed by atoms with van der Waals surface area (Å²) >= 11 is 0. The van der Waals surface area contributed by atoms with Crippen LogP contribution in [0.3, 0.4) is 0 Å². The summed E-state index contributed by atoms with van der Waals surface area (Å²) in [6, 6.07) is 18.6. The highest BCUT2D eigenvalue weighted by atomic mass is 16.3. The number of hydrogen-bond donors (Lipinski definition) is 1. The van der Waals surface area contributed by atoms with Crippen LogP contribution in [0.5, 0.6) is 5.75 Å². The molecular weight excluding hydrogens is 340 g/mol. The zero-order chi connectivity index (χ0) is 21.1. The minimum atomic E-state index is 0.338. The van der Waals surface area contributed by atoms with Crippen molar-refractivity contribution in [1.29, 1.82) is 0 Å². The Balaban J connectivity index is 0.000000277. The van der Waals surface area contributed by atoms with Crippen LogP contribution in [0.4, 0.5) is 0 Å². The molecule has 0 saturated carbocycles. The fraction of sp³-hybridized carbons (Fsp3) is 0.333. The predicted octanol–water partition coefficient (Wildman–Crippen LogP) is 8.29. The lowest BCUT2D eigenvalue weighted by atomic mass is 9.96. The Bertz CT molecular complexity index is 871. The Morgan fingerprint density at radius 2 is 1.54 bits per heavy atom. The molecule has 0 saturated heterocycles. The Morgan fingerprint density at radius 1 is 0.821 bits per heavy atom. The molecule has 0 amide bonds. The third-order valence-electron chi connectivity index (χ3n) is 4.43. The highest BCUT2D eigenvalue weighted by Gasteiger charge is 2.07. The van der Waals surface area contributed by atoms with Crippen LogP contribution in [0.15, 0.2) is 60.7 Å². The van der Waals surface area contributed by atoms with Crippen LogP contribution in [-0.2, 0) is 6.42 Å². The monoisotopic (exact) mass is 376 g/mol. The molecule has 3 aromatic rings. The van der Waals surface area contributed by atoms with Gasteiger partial charge in [0.1, 0.15) is 5.75 Å². The number of aromatic hydroxyl groups is 1. The fourth-order valence-electron chi connectivity index (χ4n) is 3.01. The van der Waals surface area contributed by atoms with Gasteiger partial charge in [0.25, 0.3) is 0 Å². The van der Waals surface area contributed by atoms with E-state index in [1.54, 1.807) is 12.1 Å². The molecule has 0 atom stereocenters. The number of rotatable bonds is 1. The van der Waals surface area contributed by atoms with Gasteiger partial charge in [-0.25, -0.2) is 0 Å². The van der Waals surface area contributed by atoms with Gasteiger partial charge < -0.3 is 5.11 Å². The molecule has 0 heterocycles. The van der Waals surface area contributed by atoms with E-state index in [0.717, 1.165) is 12.0 Å². The van der Waals surface area contributed by atoms with Crippen molar-refractivity contribution in [2.24, 2.45) is 0 Å². The Morgan fingerprint density at radius 3 is 2.11 bits per heavy atom. The third kappa shape index (κ3) is 6.56. The van der Waals surface area contributed by atoms with Gasteiger partial charge in [-0.15, -0.1) is 0 Å². The van der Waals surface area contributed by atoms with Gasteiger partial charge in [0.15, 0.2) is 0 Å². The smallest absolute Gasteiger partial charge is 0.115 e. The minimum Gasteiger partial charge on any atom is -0.508 e. The molecular formula is C27H36O. The molecule has 1 N–H and O–H groups in total. The second-order valence-electron chi connectivity index (χ2n) is 6.76. The van der Waals surface area contributed by atoms with Crippen molar-refractivity contribution >= 4 is 16.8 Å². The first kappa shape index (κ1) is 23.5. The molecule has 150 valence electrons. The predicted molar refractivity (Wildman–Crippen MR) is 126 cm³/mol. The molecule has 1 nitrogen and oxygen atoms in total. The number of hydrogen-bond acceptors (Lipinski definition) is 1. The lowest BCUT2D eigenvalue weighted by Crippen LogP contribution is -1.88. The molecule has 0 unspecified atom stereocenters. The molecule has 3 aromatic carbocycles. The summed E-state index contributed by atoms with van der Waals surface area (Å²) in [4.78, 5) is 0. The molecule has 0 fully saturated rings. The summed E-state index contributed by atoms with van der Waals surface area (Å²) < 4.78 is 0. The van der Waals surface area contributed by atoms with Crippen LogP contribution in [0.25, 0.3) is 16.8 Å². The number of allylic oxidation sites excluding steroid dienone is 1. The quantitative estimate of drug-likeness (QED) is 0.453. The van der Waals surface area contributed by atoms with Crippen molar-refractivity contribution in [3.63, 3.8) is 0 Å². The molecule has 0 spiro atoms. The summed E-state index contributed by atoms with van der Waals surface area (Å²) in [6.45, 7) is 14.4. The number of fused-ring (bicyclic) bond motifs is 2. The first-order valence-electron chi connectivity index (χ1n) is 10.5. The first-order valence-corrected chi connectivity index (χ1v) is 10.5. The Hall–Kier alpha value is -2.54. The molecule has 4 rings (SSSR count). The van der Waals surface area contributed by atoms with Crippen molar-refractivity contribution in [1.82, 2.24) is 0 Å². The van der Waals surface area contributed by atoms with E-state index in [2.05, 4.69) is 56.3 Å². The van der Waals surface area contributed by atoms with Gasteiger partial charge in [-0.05, 0) is 70.5 Å². The molecule has 1 heteroatoms. The van der Waals surface area contributed by atoms with Crippen LogP contribution in [0, 0.1) is 6.92 Å². The maximum Gasteiger partial charge on any atom is 0.115 e. The molecule has 0 aliphatic heterocycles. The van der Waals surface area contributed by atoms with Gasteiger partial charge in [0.2, 0.25) is 0 Å². The number of benzene rings is 3. The number of phenols is 1. The van der Waals surface area contributed by atoms with Crippen LogP contribution >= 0.6 is 0 Å². The zero-order valence-electron chi connectivity index (χ0n) is 18.6. The van der Waals surface area contributed by atoms with E-state index < -0.39 is 0 Å². The summed E-state index contributed by atoms with van der Waals surface area (Å²) in [5.74, 6) is 0.945. The first-order chi connectivity index (χ1) is 13.5. The van der Waals surface area contributed by atoms with E-state index in [1.807, 2.05) is 46.8 Å². The standard InChI is InChI=1S/C16H16.C7H8O.2C2H6/c1-11(2)12-6-7-15-9-13-4-3-5-14(13)10-16(15)8-12;1-6-3-2-4-7(8)5-6;2*1-2/h3-4,6-11H,5H2,1-2H3;2-5,8H,1H3;2*1-2H3. The zero-order valence-corrected chi connectivity index (χ0v) is 18.6. The maximum absolute atomic E-state index is 8.81. The average molecular weight is 377 g/mol. The summed E-state index contributed by atoms with van der Waals surface area (Å²) in [5.41, 5.74) is 5.38. The van der Waals surface area contributed by atoms with Crippen molar-refractivity contribution in [3.8, 4) is 5.75 Å². The van der Waals surface area contributed by atoms with Crippen LogP contribution in [-0.4, -0.2) is 5.11 Å². The highest BCUT2D eigenvalue weighted by Crippen LogP contribution is 2.28. The van der Waals surface area contributed by atoms with Crippen molar-refractivity contribution in [3.05, 3.63) is 82.9 Å². The van der Waals surface area contributed by atoms with E-state index in [0.29, 0.717) is 11.7 Å². The number of aryl methyl sites for hydroxylation is 1. The topological polar surface area (TPSA) is 20.2 Å². The average Bonchev–Trinajstić information content (AvgIpc) is 3.16. The lowest BCUT2D eigenvalue weighted by molar-refractivity contribution is 0.475. The maximum atomic E-state index is 8.81. The minimum absolute atomic E-state index is 0.338. The van der Waals surface area contributed by atoms with Gasteiger partial charge in [-0.1, -0.05) is 90.1 Å². The molecule has 0 radical (unpaired) electrons. The summed E-state index contributed by atoms with van der Waals surface area (Å²) in [5, 5.41) is 11.6. The SMILES string of the molecule is CC.CC.CC(C)c1ccc2cc3c(cc2c1)CC=C3.Cc1cccc(O)c1. The van der Waals surface area contributed by atoms with Gasteiger partial charge in [0.05, 0.1) is 0 Å². The lowest BCUT2D eigenvalue weighted by Gasteiger charge is -2.08. The van der Waals surface area contributed by atoms with Crippen LogP contribution in [0.1, 0.15) is 69.7 Å². The number of phenolic OH excluding ortho intramolecular Hbond substituents is 1. The Labute approximate surface area is 171 Å². The Kier molecular flexibility index (Phi) is 10.1. The molecule has 1 aliphatic carbocycles. The molecule has 0 aromatic heterocycles. The van der Waals surface area contributed by atoms with Crippen molar-refractivity contribution in [2.75, 3.05) is 0 Å². The van der Waals surface area contributed by atoms with E-state index in [9.17, 15) is 0 Å². The van der Waals surface area contributed by atoms with Crippen LogP contribution < -0.4 is 0 Å². The van der Waals surface area contributed by atoms with Gasteiger partial charge in [-0.3, -0.25) is 0 Å². The highest BCUT2D eigenvalue weighted by molar-refractivity contribution is 5.87. The van der Waals surface area contributed by atoms with Gasteiger partial charge in [0, 0.05) is 0 Å². The molecule has 1 aliphatic rings. The largest absolute Gasteiger partial charge is 0.508 e.